The van der Waals surface area contributed by atoms with Crippen molar-refractivity contribution in [3.63, 3.8) is 0 Å². The smallest absolute Gasteiger partial charge is 0.310 e. The van der Waals surface area contributed by atoms with Gasteiger partial charge in [0.1, 0.15) is 0 Å². The predicted molar refractivity (Wildman–Crippen MR) is 102 cm³/mol. The van der Waals surface area contributed by atoms with E-state index in [1.165, 1.54) is 14.2 Å². The molecule has 0 fully saturated rings. The van der Waals surface area contributed by atoms with Crippen LogP contribution >= 0.6 is 15.9 Å². The van der Waals surface area contributed by atoms with E-state index < -0.39 is 5.97 Å². The van der Waals surface area contributed by atoms with E-state index in [0.29, 0.717) is 27.1 Å². The van der Waals surface area contributed by atoms with Gasteiger partial charge in [-0.3, -0.25) is 9.59 Å². The van der Waals surface area contributed by atoms with E-state index in [0.717, 1.165) is 11.1 Å². The molecule has 0 aliphatic heterocycles. The minimum Gasteiger partial charge on any atom is -0.493 e. The van der Waals surface area contributed by atoms with Crippen molar-refractivity contribution in [2.75, 3.05) is 20.8 Å². The standard InChI is InChI=1S/C20H21BrO5/c1-12-5-6-13(2)15(7-12)17(22)11-26-20(23)9-14-8-18(24-3)19(25-4)10-16(14)21/h5-8,10H,9,11H2,1-4H3. The van der Waals surface area contributed by atoms with Gasteiger partial charge in [-0.15, -0.1) is 0 Å². The molecule has 0 spiro atoms. The average molecular weight is 421 g/mol. The van der Waals surface area contributed by atoms with Crippen LogP contribution in [0.3, 0.4) is 0 Å². The van der Waals surface area contributed by atoms with Crippen molar-refractivity contribution in [1.82, 2.24) is 0 Å². The molecule has 0 bridgehead atoms. The first-order chi connectivity index (χ1) is 12.3. The zero-order valence-electron chi connectivity index (χ0n) is 15.2. The summed E-state index contributed by atoms with van der Waals surface area (Å²) in [6.07, 6.45) is 0.0149. The van der Waals surface area contributed by atoms with Crippen LogP contribution in [0, 0.1) is 13.8 Å². The summed E-state index contributed by atoms with van der Waals surface area (Å²) in [6, 6.07) is 9.05. The Hall–Kier alpha value is -2.34. The van der Waals surface area contributed by atoms with Gasteiger partial charge in [-0.05, 0) is 43.2 Å². The van der Waals surface area contributed by atoms with Crippen LogP contribution in [0.5, 0.6) is 11.5 Å². The molecule has 0 N–H and O–H groups in total. The molecule has 0 amide bonds. The molecule has 0 aliphatic carbocycles. The Labute approximate surface area is 161 Å². The number of methoxy groups -OCH3 is 2. The second-order valence-electron chi connectivity index (χ2n) is 5.88. The Balaban J connectivity index is 2.03. The molecule has 26 heavy (non-hydrogen) atoms. The van der Waals surface area contributed by atoms with Gasteiger partial charge in [0.05, 0.1) is 20.6 Å². The van der Waals surface area contributed by atoms with Crippen molar-refractivity contribution in [3.8, 4) is 11.5 Å². The molecule has 2 aromatic rings. The molecule has 5 nitrogen and oxygen atoms in total. The summed E-state index contributed by atoms with van der Waals surface area (Å²) in [5.74, 6) is 0.369. The van der Waals surface area contributed by atoms with Crippen LogP contribution in [-0.4, -0.2) is 32.6 Å². The zero-order chi connectivity index (χ0) is 19.3. The Kier molecular flexibility index (Phi) is 6.80. The van der Waals surface area contributed by atoms with Gasteiger partial charge in [0.25, 0.3) is 0 Å². The summed E-state index contributed by atoms with van der Waals surface area (Å²) in [6.45, 7) is 3.49. The number of rotatable bonds is 7. The fraction of sp³-hybridized carbons (Fsp3) is 0.300. The Morgan fingerprint density at radius 1 is 1.00 bits per heavy atom. The quantitative estimate of drug-likeness (QED) is 0.499. The summed E-state index contributed by atoms with van der Waals surface area (Å²) >= 11 is 3.40. The number of carbonyl (C=O) groups excluding carboxylic acids is 2. The maximum absolute atomic E-state index is 12.3. The van der Waals surface area contributed by atoms with E-state index in [2.05, 4.69) is 15.9 Å². The minimum absolute atomic E-state index is 0.0149. The molecule has 0 unspecified atom stereocenters. The second-order valence-corrected chi connectivity index (χ2v) is 6.73. The van der Waals surface area contributed by atoms with Crippen molar-refractivity contribution < 1.29 is 23.8 Å². The maximum atomic E-state index is 12.3. The van der Waals surface area contributed by atoms with Gasteiger partial charge < -0.3 is 14.2 Å². The third-order valence-electron chi connectivity index (χ3n) is 3.95. The van der Waals surface area contributed by atoms with Gasteiger partial charge in [0, 0.05) is 10.0 Å². The molecular formula is C20H21BrO5. The highest BCUT2D eigenvalue weighted by molar-refractivity contribution is 9.10. The fourth-order valence-corrected chi connectivity index (χ4v) is 2.96. The van der Waals surface area contributed by atoms with E-state index >= 15 is 0 Å². The maximum Gasteiger partial charge on any atom is 0.310 e. The Morgan fingerprint density at radius 3 is 2.31 bits per heavy atom. The summed E-state index contributed by atoms with van der Waals surface area (Å²) < 4.78 is 16.3. The molecule has 0 saturated carbocycles. The fourth-order valence-electron chi connectivity index (χ4n) is 2.50. The van der Waals surface area contributed by atoms with Crippen molar-refractivity contribution >= 4 is 27.7 Å². The molecule has 0 atom stereocenters. The van der Waals surface area contributed by atoms with E-state index in [9.17, 15) is 9.59 Å². The molecule has 0 aliphatic rings. The third kappa shape index (κ3) is 4.85. The van der Waals surface area contributed by atoms with Gasteiger partial charge in [-0.1, -0.05) is 33.6 Å². The average Bonchev–Trinajstić information content (AvgIpc) is 2.62. The van der Waals surface area contributed by atoms with Crippen molar-refractivity contribution in [2.45, 2.75) is 20.3 Å². The summed E-state index contributed by atoms with van der Waals surface area (Å²) in [4.78, 5) is 24.4. The molecule has 6 heteroatoms. The number of carbonyl (C=O) groups is 2. The molecule has 0 radical (unpaired) electrons. The number of halogens is 1. The monoisotopic (exact) mass is 420 g/mol. The lowest BCUT2D eigenvalue weighted by Gasteiger charge is -2.12. The SMILES string of the molecule is COc1cc(Br)c(CC(=O)OCC(=O)c2cc(C)ccc2C)cc1OC. The first-order valence-electron chi connectivity index (χ1n) is 8.02. The lowest BCUT2D eigenvalue weighted by molar-refractivity contribution is -0.141. The molecule has 0 aromatic heterocycles. The first-order valence-corrected chi connectivity index (χ1v) is 8.81. The number of ether oxygens (including phenoxy) is 3. The lowest BCUT2D eigenvalue weighted by atomic mass is 10.0. The highest BCUT2D eigenvalue weighted by Crippen LogP contribution is 2.33. The van der Waals surface area contributed by atoms with Crippen LogP contribution in [0.15, 0.2) is 34.8 Å². The molecule has 2 rings (SSSR count). The number of Topliss-reactive ketones (excluding diaryl/α,β-unsaturated/α-hetero) is 1. The van der Waals surface area contributed by atoms with E-state index in [-0.39, 0.29) is 18.8 Å². The van der Waals surface area contributed by atoms with Crippen molar-refractivity contribution in [3.05, 3.63) is 57.1 Å². The van der Waals surface area contributed by atoms with Crippen LogP contribution in [-0.2, 0) is 16.0 Å². The highest BCUT2D eigenvalue weighted by Gasteiger charge is 2.16. The molecular weight excluding hydrogens is 400 g/mol. The van der Waals surface area contributed by atoms with Crippen molar-refractivity contribution in [2.24, 2.45) is 0 Å². The number of aryl methyl sites for hydroxylation is 2. The van der Waals surface area contributed by atoms with Gasteiger partial charge in [0.2, 0.25) is 5.78 Å². The van der Waals surface area contributed by atoms with Gasteiger partial charge in [-0.2, -0.15) is 0 Å². The van der Waals surface area contributed by atoms with Crippen LogP contribution < -0.4 is 9.47 Å². The number of benzene rings is 2. The van der Waals surface area contributed by atoms with Crippen LogP contribution in [0.1, 0.15) is 27.0 Å². The molecule has 0 saturated heterocycles. The van der Waals surface area contributed by atoms with Crippen LogP contribution in [0.25, 0.3) is 0 Å². The first kappa shape index (κ1) is 20.0. The van der Waals surface area contributed by atoms with Gasteiger partial charge in [0.15, 0.2) is 18.1 Å². The molecule has 2 aromatic carbocycles. The molecule has 0 heterocycles. The summed E-state index contributed by atoms with van der Waals surface area (Å²) in [5, 5.41) is 0. The zero-order valence-corrected chi connectivity index (χ0v) is 16.8. The summed E-state index contributed by atoms with van der Waals surface area (Å²) in [7, 11) is 3.06. The van der Waals surface area contributed by atoms with Gasteiger partial charge >= 0.3 is 5.97 Å². The third-order valence-corrected chi connectivity index (χ3v) is 4.68. The second kappa shape index (κ2) is 8.85. The number of hydrogen-bond donors (Lipinski definition) is 0. The van der Waals surface area contributed by atoms with E-state index in [1.807, 2.05) is 26.0 Å². The van der Waals surface area contributed by atoms with E-state index in [4.69, 9.17) is 14.2 Å². The summed E-state index contributed by atoms with van der Waals surface area (Å²) in [5.41, 5.74) is 3.11. The topological polar surface area (TPSA) is 61.8 Å². The van der Waals surface area contributed by atoms with Crippen LogP contribution in [0.2, 0.25) is 0 Å². The minimum atomic E-state index is -0.489. The highest BCUT2D eigenvalue weighted by atomic mass is 79.9. The van der Waals surface area contributed by atoms with E-state index in [1.54, 1.807) is 18.2 Å². The molecule has 138 valence electrons. The largest absolute Gasteiger partial charge is 0.493 e. The Bertz CT molecular complexity index is 829. The number of hydrogen-bond acceptors (Lipinski definition) is 5. The predicted octanol–water partition coefficient (Wildman–Crippen LogP) is 4.05. The Morgan fingerprint density at radius 2 is 1.65 bits per heavy atom. The number of ketones is 1. The van der Waals surface area contributed by atoms with Crippen LogP contribution in [0.4, 0.5) is 0 Å². The normalized spacial score (nSPS) is 10.3. The van der Waals surface area contributed by atoms with Crippen molar-refractivity contribution in [1.29, 1.82) is 0 Å². The lowest BCUT2D eigenvalue weighted by Crippen LogP contribution is -2.16. The number of esters is 1. The van der Waals surface area contributed by atoms with Gasteiger partial charge in [-0.25, -0.2) is 0 Å².